The van der Waals surface area contributed by atoms with Crippen LogP contribution >= 0.6 is 0 Å². The van der Waals surface area contributed by atoms with Crippen LogP contribution in [0.1, 0.15) is 89.1 Å². The highest BCUT2D eigenvalue weighted by Crippen LogP contribution is 2.45. The monoisotopic (exact) mass is 526 g/mol. The number of benzene rings is 2. The molecular formula is C34H46N4O. The molecule has 39 heavy (non-hydrogen) atoms. The molecule has 0 saturated carbocycles. The van der Waals surface area contributed by atoms with Crippen molar-refractivity contribution in [1.29, 1.82) is 0 Å². The molecule has 208 valence electrons. The first-order valence-electron chi connectivity index (χ1n) is 15.6. The first kappa shape index (κ1) is 26.6. The molecule has 0 spiro atoms. The zero-order valence-corrected chi connectivity index (χ0v) is 24.2. The van der Waals surface area contributed by atoms with Crippen LogP contribution in [0.3, 0.4) is 0 Å². The standard InChI is InChI=1S/C34H46N4O/c1-4-26(5-2)33(39)36-20-17-34(18-21-36,27-11-7-6-8-12-27)19-22-37-28-15-16-29(37)24-30(23-28)38-25(3)35-31-13-9-10-14-32(31)38/h6-14,26,28-30H,4-5,15-24H2,1-3H3/t28-,29+,30?. The van der Waals surface area contributed by atoms with Gasteiger partial charge in [-0.05, 0) is 94.4 Å². The van der Waals surface area contributed by atoms with Crippen LogP contribution in [0, 0.1) is 12.8 Å². The number of hydrogen-bond acceptors (Lipinski definition) is 3. The Labute approximate surface area is 234 Å². The summed E-state index contributed by atoms with van der Waals surface area (Å²) in [7, 11) is 0. The fourth-order valence-electron chi connectivity index (χ4n) is 8.32. The first-order chi connectivity index (χ1) is 19.0. The number of piperidine rings is 2. The molecule has 5 nitrogen and oxygen atoms in total. The van der Waals surface area contributed by atoms with E-state index in [4.69, 9.17) is 4.98 Å². The van der Waals surface area contributed by atoms with Crippen molar-refractivity contribution in [2.24, 2.45) is 5.92 Å². The van der Waals surface area contributed by atoms with E-state index in [1.54, 1.807) is 0 Å². The molecule has 1 aromatic heterocycles. The van der Waals surface area contributed by atoms with Crippen molar-refractivity contribution >= 4 is 16.9 Å². The molecule has 3 aromatic rings. The minimum absolute atomic E-state index is 0.166. The van der Waals surface area contributed by atoms with Crippen LogP contribution in [-0.2, 0) is 10.2 Å². The van der Waals surface area contributed by atoms with Crippen LogP contribution < -0.4 is 0 Å². The molecule has 0 radical (unpaired) electrons. The van der Waals surface area contributed by atoms with Crippen LogP contribution in [0.4, 0.5) is 0 Å². The fourth-order valence-corrected chi connectivity index (χ4v) is 8.32. The van der Waals surface area contributed by atoms with Crippen LogP contribution in [0.25, 0.3) is 11.0 Å². The Bertz CT molecular complexity index is 1260. The molecule has 6 rings (SSSR count). The highest BCUT2D eigenvalue weighted by Gasteiger charge is 2.44. The van der Waals surface area contributed by atoms with Crippen molar-refractivity contribution in [1.82, 2.24) is 19.4 Å². The number of amides is 1. The second-order valence-corrected chi connectivity index (χ2v) is 12.5. The third-order valence-corrected chi connectivity index (χ3v) is 10.6. The van der Waals surface area contributed by atoms with Gasteiger partial charge in [0.15, 0.2) is 0 Å². The minimum Gasteiger partial charge on any atom is -0.342 e. The number of rotatable bonds is 8. The number of imidazole rings is 1. The Morgan fingerprint density at radius 1 is 0.923 bits per heavy atom. The third-order valence-electron chi connectivity index (χ3n) is 10.6. The topological polar surface area (TPSA) is 41.4 Å². The van der Waals surface area contributed by atoms with Crippen molar-refractivity contribution in [3.63, 3.8) is 0 Å². The van der Waals surface area contributed by atoms with Gasteiger partial charge in [-0.15, -0.1) is 0 Å². The molecule has 3 saturated heterocycles. The van der Waals surface area contributed by atoms with Crippen molar-refractivity contribution < 1.29 is 4.79 Å². The van der Waals surface area contributed by atoms with Crippen LogP contribution in [0.2, 0.25) is 0 Å². The van der Waals surface area contributed by atoms with Gasteiger partial charge >= 0.3 is 0 Å². The number of hydrogen-bond donors (Lipinski definition) is 0. The molecule has 1 unspecified atom stereocenters. The summed E-state index contributed by atoms with van der Waals surface area (Å²) in [6.07, 6.45) is 10.3. The van der Waals surface area contributed by atoms with E-state index in [1.807, 2.05) is 0 Å². The molecule has 1 amide bonds. The van der Waals surface area contributed by atoms with Gasteiger partial charge in [0.1, 0.15) is 5.82 Å². The Balaban J connectivity index is 1.16. The summed E-state index contributed by atoms with van der Waals surface area (Å²) in [5, 5.41) is 0. The van der Waals surface area contributed by atoms with Gasteiger partial charge in [-0.1, -0.05) is 56.3 Å². The van der Waals surface area contributed by atoms with Crippen molar-refractivity contribution in [3.8, 4) is 0 Å². The van der Waals surface area contributed by atoms with Gasteiger partial charge in [-0.2, -0.15) is 0 Å². The lowest BCUT2D eigenvalue weighted by atomic mass is 9.70. The van der Waals surface area contributed by atoms with E-state index in [1.165, 1.54) is 49.7 Å². The number of para-hydroxylation sites is 2. The van der Waals surface area contributed by atoms with Gasteiger partial charge in [-0.3, -0.25) is 9.69 Å². The second kappa shape index (κ2) is 11.1. The summed E-state index contributed by atoms with van der Waals surface area (Å²) >= 11 is 0. The second-order valence-electron chi connectivity index (χ2n) is 12.5. The molecule has 0 aliphatic carbocycles. The lowest BCUT2D eigenvalue weighted by Gasteiger charge is -2.46. The average molecular weight is 527 g/mol. The Morgan fingerprint density at radius 2 is 1.56 bits per heavy atom. The zero-order valence-electron chi connectivity index (χ0n) is 24.2. The SMILES string of the molecule is CCC(CC)C(=O)N1CCC(CCN2[C@@H]3CC[C@H]2CC(n2c(C)nc4ccccc42)C3)(c2ccccc2)CC1. The van der Waals surface area contributed by atoms with Crippen LogP contribution in [0.15, 0.2) is 54.6 Å². The van der Waals surface area contributed by atoms with Crippen LogP contribution in [-0.4, -0.2) is 57.0 Å². The van der Waals surface area contributed by atoms with E-state index < -0.39 is 0 Å². The first-order valence-corrected chi connectivity index (χ1v) is 15.6. The maximum absolute atomic E-state index is 13.2. The van der Waals surface area contributed by atoms with E-state index in [-0.39, 0.29) is 11.3 Å². The summed E-state index contributed by atoms with van der Waals surface area (Å²) in [4.78, 5) is 23.1. The van der Waals surface area contributed by atoms with E-state index >= 15 is 0 Å². The lowest BCUT2D eigenvalue weighted by Crippen LogP contribution is -2.49. The van der Waals surface area contributed by atoms with Gasteiger partial charge < -0.3 is 9.47 Å². The number of nitrogens with zero attached hydrogens (tertiary/aromatic N) is 4. The minimum atomic E-state index is 0.166. The molecule has 4 heterocycles. The van der Waals surface area contributed by atoms with E-state index in [2.05, 4.69) is 89.7 Å². The van der Waals surface area contributed by atoms with Gasteiger partial charge in [-0.25, -0.2) is 4.98 Å². The molecule has 5 heteroatoms. The lowest BCUT2D eigenvalue weighted by molar-refractivity contribution is -0.137. The van der Waals surface area contributed by atoms with Gasteiger partial charge in [0.25, 0.3) is 0 Å². The summed E-state index contributed by atoms with van der Waals surface area (Å²) in [6.45, 7) is 9.44. The highest BCUT2D eigenvalue weighted by atomic mass is 16.2. The highest BCUT2D eigenvalue weighted by molar-refractivity contribution is 5.79. The van der Waals surface area contributed by atoms with Crippen molar-refractivity contribution in [3.05, 3.63) is 66.0 Å². The Kier molecular flexibility index (Phi) is 7.54. The van der Waals surface area contributed by atoms with E-state index in [9.17, 15) is 4.79 Å². The summed E-state index contributed by atoms with van der Waals surface area (Å²) in [5.41, 5.74) is 4.07. The number of aryl methyl sites for hydroxylation is 1. The number of carbonyl (C=O) groups is 1. The van der Waals surface area contributed by atoms with E-state index in [0.29, 0.717) is 24.0 Å². The average Bonchev–Trinajstić information content (AvgIpc) is 3.43. The van der Waals surface area contributed by atoms with Crippen molar-refractivity contribution in [2.75, 3.05) is 19.6 Å². The van der Waals surface area contributed by atoms with E-state index in [0.717, 1.165) is 50.1 Å². The molecule has 3 fully saturated rings. The number of carbonyl (C=O) groups excluding carboxylic acids is 1. The number of aromatic nitrogens is 2. The maximum atomic E-state index is 13.2. The summed E-state index contributed by atoms with van der Waals surface area (Å²) < 4.78 is 2.54. The predicted molar refractivity (Wildman–Crippen MR) is 159 cm³/mol. The normalized spacial score (nSPS) is 25.0. The molecule has 3 aliphatic heterocycles. The van der Waals surface area contributed by atoms with Gasteiger partial charge in [0, 0.05) is 37.1 Å². The molecular weight excluding hydrogens is 480 g/mol. The molecule has 2 bridgehead atoms. The predicted octanol–water partition coefficient (Wildman–Crippen LogP) is 6.90. The molecule has 3 aliphatic rings. The van der Waals surface area contributed by atoms with Crippen LogP contribution in [0.5, 0.6) is 0 Å². The quantitative estimate of drug-likeness (QED) is 0.321. The third kappa shape index (κ3) is 4.92. The Morgan fingerprint density at radius 3 is 2.23 bits per heavy atom. The zero-order chi connectivity index (χ0) is 27.0. The molecule has 3 atom stereocenters. The number of likely N-dealkylation sites (tertiary alicyclic amines) is 1. The smallest absolute Gasteiger partial charge is 0.225 e. The van der Waals surface area contributed by atoms with Gasteiger partial charge in [0.2, 0.25) is 5.91 Å². The van der Waals surface area contributed by atoms with Crippen molar-refractivity contribution in [2.45, 2.75) is 102 Å². The maximum Gasteiger partial charge on any atom is 0.225 e. The largest absolute Gasteiger partial charge is 0.342 e. The molecule has 2 aromatic carbocycles. The molecule has 0 N–H and O–H groups in total. The Hall–Kier alpha value is -2.66. The summed E-state index contributed by atoms with van der Waals surface area (Å²) in [6, 6.07) is 21.7. The van der Waals surface area contributed by atoms with Gasteiger partial charge in [0.05, 0.1) is 11.0 Å². The fraction of sp³-hybridized carbons (Fsp3) is 0.588. The number of fused-ring (bicyclic) bond motifs is 3. The summed E-state index contributed by atoms with van der Waals surface area (Å²) in [5.74, 6) is 1.72.